The molecule has 4 nitrogen and oxygen atoms in total. The maximum absolute atomic E-state index is 11.6. The standard InChI is InChI=1S/C12H18N2O2S/c1-8-9(7-17)5-6-13-10(8)14-11(15)16-12(2,3)4/h5-6,17H,7H2,1-4H3,(H,13,14,15). The highest BCUT2D eigenvalue weighted by molar-refractivity contribution is 7.79. The molecule has 0 fully saturated rings. The van der Waals surface area contributed by atoms with Gasteiger partial charge >= 0.3 is 6.09 Å². The zero-order valence-electron chi connectivity index (χ0n) is 10.6. The summed E-state index contributed by atoms with van der Waals surface area (Å²) in [5.74, 6) is 1.13. The molecule has 0 aliphatic heterocycles. The molecule has 1 heterocycles. The lowest BCUT2D eigenvalue weighted by Gasteiger charge is -2.20. The maximum Gasteiger partial charge on any atom is 0.413 e. The van der Waals surface area contributed by atoms with Crippen molar-refractivity contribution in [2.45, 2.75) is 39.0 Å². The molecule has 0 unspecified atom stereocenters. The number of rotatable bonds is 2. The molecule has 0 atom stereocenters. The summed E-state index contributed by atoms with van der Waals surface area (Å²) in [6.45, 7) is 7.34. The lowest BCUT2D eigenvalue weighted by molar-refractivity contribution is 0.0635. The third-order valence-corrected chi connectivity index (χ3v) is 2.45. The monoisotopic (exact) mass is 254 g/mol. The Balaban J connectivity index is 2.79. The Kier molecular flexibility index (Phi) is 4.40. The Labute approximate surface area is 107 Å². The second-order valence-corrected chi connectivity index (χ2v) is 5.04. The number of anilines is 1. The molecule has 0 aromatic carbocycles. The Bertz CT molecular complexity index is 413. The van der Waals surface area contributed by atoms with Crippen molar-refractivity contribution in [3.63, 3.8) is 0 Å². The van der Waals surface area contributed by atoms with E-state index in [1.807, 2.05) is 33.8 Å². The van der Waals surface area contributed by atoms with E-state index in [1.54, 1.807) is 6.20 Å². The molecule has 0 aliphatic carbocycles. The SMILES string of the molecule is Cc1c(CS)ccnc1NC(=O)OC(C)(C)C. The van der Waals surface area contributed by atoms with Gasteiger partial charge in [-0.25, -0.2) is 9.78 Å². The minimum atomic E-state index is -0.515. The average molecular weight is 254 g/mol. The van der Waals surface area contributed by atoms with Crippen LogP contribution in [0.1, 0.15) is 31.9 Å². The number of carbonyl (C=O) groups excluding carboxylic acids is 1. The Morgan fingerprint density at radius 2 is 2.18 bits per heavy atom. The first-order chi connectivity index (χ1) is 7.83. The van der Waals surface area contributed by atoms with Gasteiger partial charge in [0, 0.05) is 11.9 Å². The van der Waals surface area contributed by atoms with E-state index in [1.165, 1.54) is 0 Å². The topological polar surface area (TPSA) is 51.2 Å². The summed E-state index contributed by atoms with van der Waals surface area (Å²) in [5.41, 5.74) is 1.43. The van der Waals surface area contributed by atoms with Crippen LogP contribution in [-0.2, 0) is 10.5 Å². The van der Waals surface area contributed by atoms with Crippen molar-refractivity contribution in [3.8, 4) is 0 Å². The van der Waals surface area contributed by atoms with Gasteiger partial charge in [0.15, 0.2) is 0 Å². The van der Waals surface area contributed by atoms with Crippen molar-refractivity contribution in [3.05, 3.63) is 23.4 Å². The largest absolute Gasteiger partial charge is 0.444 e. The van der Waals surface area contributed by atoms with E-state index < -0.39 is 11.7 Å². The van der Waals surface area contributed by atoms with Crippen LogP contribution in [0.4, 0.5) is 10.6 Å². The number of ether oxygens (including phenoxy) is 1. The second kappa shape index (κ2) is 5.40. The van der Waals surface area contributed by atoms with Gasteiger partial charge in [-0.2, -0.15) is 12.6 Å². The van der Waals surface area contributed by atoms with Gasteiger partial charge in [0.2, 0.25) is 0 Å². The van der Waals surface area contributed by atoms with E-state index in [4.69, 9.17) is 4.74 Å². The number of aromatic nitrogens is 1. The molecule has 0 bridgehead atoms. The third-order valence-electron chi connectivity index (χ3n) is 2.11. The van der Waals surface area contributed by atoms with Gasteiger partial charge in [0.25, 0.3) is 0 Å². The third kappa shape index (κ3) is 4.26. The van der Waals surface area contributed by atoms with E-state index in [2.05, 4.69) is 22.9 Å². The quantitative estimate of drug-likeness (QED) is 0.797. The number of amides is 1. The van der Waals surface area contributed by atoms with Crippen LogP contribution in [0.5, 0.6) is 0 Å². The van der Waals surface area contributed by atoms with Crippen molar-refractivity contribution in [1.82, 2.24) is 4.98 Å². The van der Waals surface area contributed by atoms with Crippen molar-refractivity contribution >= 4 is 24.5 Å². The van der Waals surface area contributed by atoms with Crippen LogP contribution < -0.4 is 5.32 Å². The van der Waals surface area contributed by atoms with Gasteiger partial charge in [-0.3, -0.25) is 5.32 Å². The van der Waals surface area contributed by atoms with Crippen LogP contribution in [-0.4, -0.2) is 16.7 Å². The minimum Gasteiger partial charge on any atom is -0.444 e. The highest BCUT2D eigenvalue weighted by Crippen LogP contribution is 2.18. The highest BCUT2D eigenvalue weighted by atomic mass is 32.1. The fourth-order valence-corrected chi connectivity index (χ4v) is 1.62. The molecule has 17 heavy (non-hydrogen) atoms. The van der Waals surface area contributed by atoms with E-state index >= 15 is 0 Å². The lowest BCUT2D eigenvalue weighted by Crippen LogP contribution is -2.27. The van der Waals surface area contributed by atoms with E-state index in [-0.39, 0.29) is 0 Å². The van der Waals surface area contributed by atoms with E-state index in [0.29, 0.717) is 11.6 Å². The molecule has 1 amide bonds. The van der Waals surface area contributed by atoms with E-state index in [9.17, 15) is 4.79 Å². The van der Waals surface area contributed by atoms with Gasteiger partial charge in [-0.05, 0) is 44.9 Å². The minimum absolute atomic E-state index is 0.496. The average Bonchev–Trinajstić information content (AvgIpc) is 2.18. The molecular weight excluding hydrogens is 236 g/mol. The maximum atomic E-state index is 11.6. The zero-order chi connectivity index (χ0) is 13.1. The normalized spacial score (nSPS) is 11.1. The molecular formula is C12H18N2O2S. The summed E-state index contributed by atoms with van der Waals surface area (Å²) in [6, 6.07) is 1.88. The van der Waals surface area contributed by atoms with E-state index in [0.717, 1.165) is 11.1 Å². The van der Waals surface area contributed by atoms with Crippen LogP contribution in [0.15, 0.2) is 12.3 Å². The number of pyridine rings is 1. The molecule has 0 aliphatic rings. The van der Waals surface area contributed by atoms with Crippen LogP contribution in [0.3, 0.4) is 0 Å². The molecule has 0 spiro atoms. The first-order valence-electron chi connectivity index (χ1n) is 5.39. The molecule has 0 radical (unpaired) electrons. The predicted octanol–water partition coefficient (Wildman–Crippen LogP) is 3.17. The number of hydrogen-bond donors (Lipinski definition) is 2. The summed E-state index contributed by atoms with van der Waals surface area (Å²) in [4.78, 5) is 15.7. The van der Waals surface area contributed by atoms with Crippen LogP contribution in [0, 0.1) is 6.92 Å². The molecule has 1 N–H and O–H groups in total. The molecule has 1 aromatic rings. The van der Waals surface area contributed by atoms with Gasteiger partial charge < -0.3 is 4.74 Å². The molecule has 94 valence electrons. The fraction of sp³-hybridized carbons (Fsp3) is 0.500. The first kappa shape index (κ1) is 13.8. The summed E-state index contributed by atoms with van der Waals surface area (Å²) < 4.78 is 5.16. The Morgan fingerprint density at radius 3 is 2.71 bits per heavy atom. The number of nitrogens with zero attached hydrogens (tertiary/aromatic N) is 1. The highest BCUT2D eigenvalue weighted by Gasteiger charge is 2.17. The number of hydrogen-bond acceptors (Lipinski definition) is 4. The van der Waals surface area contributed by atoms with Crippen molar-refractivity contribution < 1.29 is 9.53 Å². The Morgan fingerprint density at radius 1 is 1.53 bits per heavy atom. The first-order valence-corrected chi connectivity index (χ1v) is 6.02. The number of carbonyl (C=O) groups is 1. The van der Waals surface area contributed by atoms with Gasteiger partial charge in [-0.15, -0.1) is 0 Å². The van der Waals surface area contributed by atoms with Crippen LogP contribution >= 0.6 is 12.6 Å². The summed E-state index contributed by atoms with van der Waals surface area (Å²) in [6.07, 6.45) is 1.15. The van der Waals surface area contributed by atoms with Crippen LogP contribution in [0.2, 0.25) is 0 Å². The molecule has 1 rings (SSSR count). The molecule has 0 saturated carbocycles. The zero-order valence-corrected chi connectivity index (χ0v) is 11.5. The van der Waals surface area contributed by atoms with Gasteiger partial charge in [0.1, 0.15) is 11.4 Å². The summed E-state index contributed by atoms with van der Waals surface area (Å²) in [7, 11) is 0. The van der Waals surface area contributed by atoms with Crippen molar-refractivity contribution in [2.24, 2.45) is 0 Å². The number of nitrogens with one attached hydrogen (secondary N) is 1. The van der Waals surface area contributed by atoms with Crippen molar-refractivity contribution in [1.29, 1.82) is 0 Å². The lowest BCUT2D eigenvalue weighted by atomic mass is 10.1. The molecule has 0 saturated heterocycles. The Hall–Kier alpha value is -1.23. The molecule has 5 heteroatoms. The second-order valence-electron chi connectivity index (χ2n) is 4.73. The van der Waals surface area contributed by atoms with Gasteiger partial charge in [-0.1, -0.05) is 0 Å². The van der Waals surface area contributed by atoms with Gasteiger partial charge in [0.05, 0.1) is 0 Å². The predicted molar refractivity (Wildman–Crippen MR) is 71.5 cm³/mol. The summed E-state index contributed by atoms with van der Waals surface area (Å²) >= 11 is 4.21. The smallest absolute Gasteiger partial charge is 0.413 e. The number of thiol groups is 1. The summed E-state index contributed by atoms with van der Waals surface area (Å²) in [5, 5.41) is 2.64. The molecule has 1 aromatic heterocycles. The van der Waals surface area contributed by atoms with Crippen LogP contribution in [0.25, 0.3) is 0 Å². The fourth-order valence-electron chi connectivity index (χ4n) is 1.27. The van der Waals surface area contributed by atoms with Crippen molar-refractivity contribution in [2.75, 3.05) is 5.32 Å².